The van der Waals surface area contributed by atoms with Gasteiger partial charge in [-0.3, -0.25) is 4.79 Å². The first-order valence-corrected chi connectivity index (χ1v) is 30.7. The number of fused-ring (bicyclic) bond motifs is 2. The molecule has 2 N–H and O–H groups in total. The molecule has 0 radical (unpaired) electrons. The molecule has 0 aromatic heterocycles. The number of aliphatic hydroxyl groups is 2. The quantitative estimate of drug-likeness (QED) is 0.0265. The Balaban J connectivity index is 1.45. The molecular weight excluding hydrogens is 1050 g/mol. The van der Waals surface area contributed by atoms with Gasteiger partial charge in [0, 0.05) is 54.5 Å². The van der Waals surface area contributed by atoms with Gasteiger partial charge in [0.2, 0.25) is 0 Å². The van der Waals surface area contributed by atoms with Crippen molar-refractivity contribution in [2.75, 3.05) is 7.11 Å². The second kappa shape index (κ2) is 32.1. The van der Waals surface area contributed by atoms with Gasteiger partial charge in [-0.25, -0.2) is 4.79 Å². The summed E-state index contributed by atoms with van der Waals surface area (Å²) in [6, 6.07) is 0. The molecule has 4 aliphatic rings. The van der Waals surface area contributed by atoms with Gasteiger partial charge in [0.25, 0.3) is 0 Å². The number of unbranched alkanes of at least 4 members (excludes halogenated alkanes) is 12. The first-order valence-electron chi connectivity index (χ1n) is 29.8. The number of hydrogen-bond donors (Lipinski definition) is 2. The fraction of sp³-hybridized carbons (Fsp3) is 0.754. The maximum Gasteiger partial charge on any atom is 0.331 e. The van der Waals surface area contributed by atoms with Crippen LogP contribution in [0.3, 0.4) is 0 Å². The molecule has 12 nitrogen and oxygen atoms in total. The molecule has 3 fully saturated rings. The molecule has 0 unspecified atom stereocenters. The van der Waals surface area contributed by atoms with Gasteiger partial charge in [0.15, 0.2) is 11.6 Å². The Bertz CT molecular complexity index is 2080. The van der Waals surface area contributed by atoms with E-state index in [2.05, 4.69) is 56.8 Å². The molecule has 0 amide bonds. The number of rotatable bonds is 27. The summed E-state index contributed by atoms with van der Waals surface area (Å²) >= 11 is 3.41. The molecule has 4 rings (SSSR count). The summed E-state index contributed by atoms with van der Waals surface area (Å²) in [4.78, 5) is 28.6. The second-order valence-corrected chi connectivity index (χ2v) is 25.5. The topological polar surface area (TPSA) is 148 Å². The van der Waals surface area contributed by atoms with E-state index >= 15 is 0 Å². The average Bonchev–Trinajstić information content (AvgIpc) is 3.64. The van der Waals surface area contributed by atoms with Crippen LogP contribution in [-0.2, 0) is 47.5 Å². The highest BCUT2D eigenvalue weighted by Gasteiger charge is 2.54. The first-order chi connectivity index (χ1) is 36.7. The monoisotopic (exact) mass is 1160 g/mol. The van der Waals surface area contributed by atoms with Crippen molar-refractivity contribution in [1.82, 2.24) is 0 Å². The summed E-state index contributed by atoms with van der Waals surface area (Å²) in [5.41, 5.74) is 2.36. The molecule has 11 atom stereocenters. The van der Waals surface area contributed by atoms with Crippen molar-refractivity contribution in [3.63, 3.8) is 0 Å². The van der Waals surface area contributed by atoms with Gasteiger partial charge in [-0.2, -0.15) is 0 Å². The van der Waals surface area contributed by atoms with Crippen LogP contribution < -0.4 is 0 Å². The van der Waals surface area contributed by atoms with E-state index in [0.29, 0.717) is 74.7 Å². The van der Waals surface area contributed by atoms with Gasteiger partial charge < -0.3 is 48.1 Å². The minimum atomic E-state index is -1.25. The fourth-order valence-electron chi connectivity index (χ4n) is 11.8. The number of halogens is 1. The van der Waals surface area contributed by atoms with E-state index in [4.69, 9.17) is 37.9 Å². The van der Waals surface area contributed by atoms with Crippen molar-refractivity contribution in [2.24, 2.45) is 11.3 Å². The van der Waals surface area contributed by atoms with Gasteiger partial charge in [-0.1, -0.05) is 175 Å². The number of esters is 2. The van der Waals surface area contributed by atoms with Crippen molar-refractivity contribution >= 4 is 27.9 Å². The molecule has 4 aliphatic heterocycles. The molecule has 13 heteroatoms. The number of carbonyl (C=O) groups excluding carboxylic acids is 2. The summed E-state index contributed by atoms with van der Waals surface area (Å²) in [6.45, 7) is 32.6. The van der Waals surface area contributed by atoms with Crippen LogP contribution in [0.25, 0.3) is 0 Å². The van der Waals surface area contributed by atoms with Crippen LogP contribution in [-0.4, -0.2) is 101 Å². The highest BCUT2D eigenvalue weighted by atomic mass is 79.9. The third-order valence-electron chi connectivity index (χ3n) is 16.4. The average molecular weight is 1160 g/mol. The van der Waals surface area contributed by atoms with E-state index in [1.54, 1.807) is 18.2 Å². The number of methoxy groups -OCH3 is 1. The molecule has 444 valence electrons. The van der Waals surface area contributed by atoms with Crippen LogP contribution in [0, 0.1) is 11.3 Å². The normalized spacial score (nSPS) is 31.5. The van der Waals surface area contributed by atoms with Gasteiger partial charge in [0.05, 0.1) is 43.7 Å². The van der Waals surface area contributed by atoms with Crippen LogP contribution in [0.5, 0.6) is 0 Å². The van der Waals surface area contributed by atoms with E-state index in [1.807, 2.05) is 73.6 Å². The highest BCUT2D eigenvalue weighted by Crippen LogP contribution is 2.47. The van der Waals surface area contributed by atoms with Crippen LogP contribution >= 0.6 is 15.9 Å². The number of carbonyl (C=O) groups is 2. The Morgan fingerprint density at radius 1 is 0.859 bits per heavy atom. The third-order valence-corrected chi connectivity index (χ3v) is 16.8. The maximum atomic E-state index is 13.5. The van der Waals surface area contributed by atoms with Crippen LogP contribution in [0.2, 0.25) is 0 Å². The van der Waals surface area contributed by atoms with Crippen molar-refractivity contribution in [1.29, 1.82) is 0 Å². The summed E-state index contributed by atoms with van der Waals surface area (Å²) in [5.74, 6) is -2.13. The van der Waals surface area contributed by atoms with E-state index in [-0.39, 0.29) is 42.4 Å². The highest BCUT2D eigenvalue weighted by molar-refractivity contribution is 9.11. The minimum Gasteiger partial charge on any atom is -0.496 e. The van der Waals surface area contributed by atoms with Gasteiger partial charge >= 0.3 is 11.9 Å². The standard InChI is InChI=1S/C65H105BrO12/c1-16-17-18-19-20-21-22-23-24-25-26-27-28-32-60(69)72-51(39-48(6)55(43-66)71-15)40-53-49(7)54(76-63(10,11)75-53)42-58-62(8,9)57(77-64(12,13)78-58)37-47(5)36-56(68)65(14)59-41-52(74-65)35-46(4)33-45(3)34-50(67)31-29-30-44(2)38-61(70)73-59/h29-30,33,36,38,43,49-54,56-59,67-68H,3,6,16-28,31-32,34-35,37,39-42H2,1-2,4-5,7-15H3/b30-29-,44-38-,46-33-,47-36+,55-43+/t49-,50-,51+,52+,53+,54-,56+,57-,58+,59-,65-/m1/s1. The van der Waals surface area contributed by atoms with Gasteiger partial charge in [-0.05, 0) is 98.6 Å². The maximum absolute atomic E-state index is 13.5. The molecule has 4 heterocycles. The van der Waals surface area contributed by atoms with Crippen LogP contribution in [0.1, 0.15) is 224 Å². The number of ether oxygens (including phenoxy) is 8. The van der Waals surface area contributed by atoms with Crippen molar-refractivity contribution in [3.05, 3.63) is 82.1 Å². The molecule has 3 saturated heterocycles. The zero-order valence-corrected chi connectivity index (χ0v) is 52.1. The largest absolute Gasteiger partial charge is 0.496 e. The summed E-state index contributed by atoms with van der Waals surface area (Å²) < 4.78 is 51.8. The summed E-state index contributed by atoms with van der Waals surface area (Å²) in [7, 11) is 1.60. The lowest BCUT2D eigenvalue weighted by Crippen LogP contribution is -2.59. The van der Waals surface area contributed by atoms with Crippen LogP contribution in [0.4, 0.5) is 0 Å². The van der Waals surface area contributed by atoms with Crippen molar-refractivity contribution in [3.8, 4) is 0 Å². The van der Waals surface area contributed by atoms with E-state index in [0.717, 1.165) is 36.0 Å². The molecule has 2 bridgehead atoms. The molecule has 0 saturated carbocycles. The lowest BCUT2D eigenvalue weighted by Gasteiger charge is -2.53. The Morgan fingerprint density at radius 3 is 2.06 bits per heavy atom. The zero-order chi connectivity index (χ0) is 57.8. The SMILES string of the molecule is C=C1/C=C(/C)C[C@H]2C[C@@H](OC(=O)/C=C(C)\C=C/C[C@@H](O)C1)[C@@](C)([C@@H](O)/C=C(\C)C[C@H]1OC(C)(C)O[C@@H](C[C@H]3OC(C)(C)O[C@@H](C[C@H](CC(=C)/C(=C\Br)OC)OC(=O)CCCCCCCCCCCCCCC)[C@H]3C)C1(C)C)O2. The lowest BCUT2D eigenvalue weighted by atomic mass is 9.73. The molecule has 0 aliphatic carbocycles. The van der Waals surface area contributed by atoms with Crippen molar-refractivity contribution < 1.29 is 57.7 Å². The number of aliphatic hydroxyl groups excluding tert-OH is 2. The van der Waals surface area contributed by atoms with E-state index < -0.39 is 53.0 Å². The summed E-state index contributed by atoms with van der Waals surface area (Å²) in [5, 5.41) is 22.7. The molecular formula is C65H105BrO12. The predicted molar refractivity (Wildman–Crippen MR) is 316 cm³/mol. The third kappa shape index (κ3) is 22.1. The summed E-state index contributed by atoms with van der Waals surface area (Å²) in [6.07, 6.45) is 24.5. The van der Waals surface area contributed by atoms with E-state index in [1.165, 1.54) is 70.3 Å². The fourth-order valence-corrected chi connectivity index (χ4v) is 12.3. The Kier molecular flexibility index (Phi) is 27.8. The van der Waals surface area contributed by atoms with Gasteiger partial charge in [-0.15, -0.1) is 0 Å². The predicted octanol–water partition coefficient (Wildman–Crippen LogP) is 15.4. The van der Waals surface area contributed by atoms with Crippen molar-refractivity contribution in [2.45, 2.75) is 296 Å². The molecule has 0 aromatic rings. The number of hydrogen-bond acceptors (Lipinski definition) is 12. The Morgan fingerprint density at radius 2 is 1.45 bits per heavy atom. The first kappa shape index (κ1) is 67.6. The van der Waals surface area contributed by atoms with E-state index in [9.17, 15) is 19.8 Å². The van der Waals surface area contributed by atoms with Gasteiger partial charge in [0.1, 0.15) is 29.7 Å². The Labute approximate surface area is 480 Å². The minimum absolute atomic E-state index is 0.107. The van der Waals surface area contributed by atoms with Crippen LogP contribution in [0.15, 0.2) is 82.1 Å². The number of allylic oxidation sites excluding steroid dienone is 4. The lowest BCUT2D eigenvalue weighted by molar-refractivity contribution is -0.360. The zero-order valence-electron chi connectivity index (χ0n) is 50.6. The smallest absolute Gasteiger partial charge is 0.331 e. The molecule has 0 aromatic carbocycles. The molecule has 0 spiro atoms. The Hall–Kier alpha value is -2.88. The molecule has 78 heavy (non-hydrogen) atoms. The second-order valence-electron chi connectivity index (χ2n) is 25.1.